The molecule has 1 heterocycles. The van der Waals surface area contributed by atoms with E-state index in [9.17, 15) is 22.8 Å². The second kappa shape index (κ2) is 5.21. The molecule has 0 spiro atoms. The van der Waals surface area contributed by atoms with E-state index in [2.05, 4.69) is 21.2 Å². The molecule has 4 rings (SSSR count). The van der Waals surface area contributed by atoms with Crippen molar-refractivity contribution in [2.45, 2.75) is 23.5 Å². The lowest BCUT2D eigenvalue weighted by atomic mass is 9.79. The molecule has 3 aliphatic rings. The molecule has 2 bridgehead atoms. The second-order valence-electron chi connectivity index (χ2n) is 6.49. The van der Waals surface area contributed by atoms with E-state index in [-0.39, 0.29) is 28.5 Å². The average Bonchev–Trinajstić information content (AvgIpc) is 3.11. The highest BCUT2D eigenvalue weighted by molar-refractivity contribution is 9.09. The quantitative estimate of drug-likeness (QED) is 0.609. The van der Waals surface area contributed by atoms with Gasteiger partial charge in [0, 0.05) is 5.92 Å². The Labute approximate surface area is 143 Å². The van der Waals surface area contributed by atoms with Gasteiger partial charge < -0.3 is 10.1 Å². The minimum atomic E-state index is -4.56. The fourth-order valence-electron chi connectivity index (χ4n) is 4.39. The summed E-state index contributed by atoms with van der Waals surface area (Å²) in [5.41, 5.74) is -1.18. The van der Waals surface area contributed by atoms with Gasteiger partial charge in [-0.15, -0.1) is 0 Å². The van der Waals surface area contributed by atoms with Gasteiger partial charge in [-0.3, -0.25) is 9.59 Å². The van der Waals surface area contributed by atoms with Crippen LogP contribution in [-0.2, 0) is 20.5 Å². The molecule has 128 valence electrons. The third-order valence-corrected chi connectivity index (χ3v) is 6.52. The van der Waals surface area contributed by atoms with E-state index in [0.29, 0.717) is 6.42 Å². The summed E-state index contributed by atoms with van der Waals surface area (Å²) in [4.78, 5) is 24.6. The smallest absolute Gasteiger partial charge is 0.418 e. The number of rotatable bonds is 2. The minimum absolute atomic E-state index is 0.0273. The molecule has 2 saturated carbocycles. The Morgan fingerprint density at radius 2 is 1.96 bits per heavy atom. The topological polar surface area (TPSA) is 55.4 Å². The van der Waals surface area contributed by atoms with Crippen LogP contribution in [0.4, 0.5) is 18.9 Å². The van der Waals surface area contributed by atoms with E-state index in [0.717, 1.165) is 6.07 Å². The van der Waals surface area contributed by atoms with Gasteiger partial charge in [-0.25, -0.2) is 0 Å². The van der Waals surface area contributed by atoms with E-state index in [4.69, 9.17) is 4.74 Å². The van der Waals surface area contributed by atoms with E-state index in [1.807, 2.05) is 0 Å². The third-order valence-electron chi connectivity index (χ3n) is 5.32. The van der Waals surface area contributed by atoms with Crippen LogP contribution in [0.3, 0.4) is 0 Å². The summed E-state index contributed by atoms with van der Waals surface area (Å²) in [6.07, 6.45) is -4.11. The normalized spacial score (nSPS) is 36.8. The maximum atomic E-state index is 13.1. The van der Waals surface area contributed by atoms with Gasteiger partial charge in [0.15, 0.2) is 0 Å². The highest BCUT2D eigenvalue weighted by Gasteiger charge is 2.67. The highest BCUT2D eigenvalue weighted by atomic mass is 79.9. The van der Waals surface area contributed by atoms with Gasteiger partial charge in [-0.05, 0) is 24.5 Å². The number of carbonyl (C=O) groups excluding carboxylic acids is 2. The molecule has 0 radical (unpaired) electrons. The minimum Gasteiger partial charge on any atom is -0.461 e. The van der Waals surface area contributed by atoms with Crippen molar-refractivity contribution in [2.75, 3.05) is 5.32 Å². The molecule has 8 heteroatoms. The summed E-state index contributed by atoms with van der Waals surface area (Å²) < 4.78 is 44.5. The molecule has 1 amide bonds. The van der Waals surface area contributed by atoms with Gasteiger partial charge in [0.1, 0.15) is 6.10 Å². The van der Waals surface area contributed by atoms with E-state index >= 15 is 0 Å². The van der Waals surface area contributed by atoms with Crippen LogP contribution in [0.5, 0.6) is 0 Å². The first-order chi connectivity index (χ1) is 11.3. The van der Waals surface area contributed by atoms with Crippen molar-refractivity contribution in [3.8, 4) is 0 Å². The number of halogens is 4. The van der Waals surface area contributed by atoms with Gasteiger partial charge in [-0.1, -0.05) is 28.1 Å². The lowest BCUT2D eigenvalue weighted by Gasteiger charge is -2.27. The highest BCUT2D eigenvalue weighted by Crippen LogP contribution is 2.60. The SMILES string of the molecule is O=C(Nc1ccccc1C(F)(F)F)[C@@H]1[C@H]2C[C@H]3[C@H](OC(=O)[C@@H]31)[C@H]2Br. The van der Waals surface area contributed by atoms with Gasteiger partial charge in [0.25, 0.3) is 0 Å². The summed E-state index contributed by atoms with van der Waals surface area (Å²) >= 11 is 3.48. The first kappa shape index (κ1) is 15.9. The Hall–Kier alpha value is -1.57. The third kappa shape index (κ3) is 2.18. The van der Waals surface area contributed by atoms with Gasteiger partial charge in [0.05, 0.1) is 27.9 Å². The van der Waals surface area contributed by atoms with Crippen LogP contribution in [0, 0.1) is 23.7 Å². The van der Waals surface area contributed by atoms with E-state index in [1.165, 1.54) is 18.2 Å². The van der Waals surface area contributed by atoms with Crippen molar-refractivity contribution in [1.82, 2.24) is 0 Å². The standard InChI is InChI=1S/C16H13BrF3NO3/c17-12-6-5-7-11(15(23)24-13(7)12)10(6)14(22)21-9-4-2-1-3-8(9)16(18,19)20/h1-4,6-7,10-13H,5H2,(H,21,22)/t6-,7-,10-,11+,12+,13+/m1/s1. The van der Waals surface area contributed by atoms with Crippen LogP contribution in [0.25, 0.3) is 0 Å². The molecule has 24 heavy (non-hydrogen) atoms. The lowest BCUT2D eigenvalue weighted by Crippen LogP contribution is -2.40. The zero-order valence-corrected chi connectivity index (χ0v) is 13.8. The van der Waals surface area contributed by atoms with Crippen LogP contribution in [0.2, 0.25) is 0 Å². The number of hydrogen-bond donors (Lipinski definition) is 1. The number of ether oxygens (including phenoxy) is 1. The molecule has 3 fully saturated rings. The van der Waals surface area contributed by atoms with Crippen molar-refractivity contribution in [3.05, 3.63) is 29.8 Å². The fraction of sp³-hybridized carbons (Fsp3) is 0.500. The first-order valence-electron chi connectivity index (χ1n) is 7.60. The summed E-state index contributed by atoms with van der Waals surface area (Å²) in [6, 6.07) is 4.83. The Morgan fingerprint density at radius 3 is 2.67 bits per heavy atom. The predicted molar refractivity (Wildman–Crippen MR) is 81.2 cm³/mol. The summed E-state index contributed by atoms with van der Waals surface area (Å²) in [5, 5.41) is 2.38. The van der Waals surface area contributed by atoms with Crippen LogP contribution in [-0.4, -0.2) is 22.8 Å². The zero-order valence-electron chi connectivity index (χ0n) is 12.2. The summed E-state index contributed by atoms with van der Waals surface area (Å²) in [5.74, 6) is -2.31. The summed E-state index contributed by atoms with van der Waals surface area (Å²) in [7, 11) is 0. The Kier molecular flexibility index (Phi) is 3.46. The number of hydrogen-bond acceptors (Lipinski definition) is 3. The zero-order chi connectivity index (χ0) is 17.2. The lowest BCUT2D eigenvalue weighted by molar-refractivity contribution is -0.145. The predicted octanol–water partition coefficient (Wildman–Crippen LogP) is 3.21. The molecule has 4 nitrogen and oxygen atoms in total. The fourth-order valence-corrected chi connectivity index (χ4v) is 5.43. The molecule has 0 aromatic heterocycles. The van der Waals surface area contributed by atoms with Crippen LogP contribution in [0.1, 0.15) is 12.0 Å². The number of amides is 1. The number of para-hydroxylation sites is 1. The molecule has 1 aromatic carbocycles. The van der Waals surface area contributed by atoms with Crippen molar-refractivity contribution in [2.24, 2.45) is 23.7 Å². The molecule has 1 aromatic rings. The van der Waals surface area contributed by atoms with Crippen molar-refractivity contribution < 1.29 is 27.5 Å². The Bertz CT molecular complexity index is 723. The van der Waals surface area contributed by atoms with Crippen LogP contribution < -0.4 is 5.32 Å². The Morgan fingerprint density at radius 1 is 1.25 bits per heavy atom. The van der Waals surface area contributed by atoms with Crippen molar-refractivity contribution in [1.29, 1.82) is 0 Å². The monoisotopic (exact) mass is 403 g/mol. The summed E-state index contributed by atoms with van der Waals surface area (Å²) in [6.45, 7) is 0. The molecule has 1 saturated heterocycles. The van der Waals surface area contributed by atoms with Crippen LogP contribution in [0.15, 0.2) is 24.3 Å². The molecule has 1 N–H and O–H groups in total. The van der Waals surface area contributed by atoms with E-state index < -0.39 is 35.5 Å². The number of carbonyl (C=O) groups is 2. The van der Waals surface area contributed by atoms with Gasteiger partial charge in [-0.2, -0.15) is 13.2 Å². The number of fused-ring (bicyclic) bond motifs is 1. The molecular formula is C16H13BrF3NO3. The van der Waals surface area contributed by atoms with Gasteiger partial charge >= 0.3 is 12.1 Å². The van der Waals surface area contributed by atoms with Crippen molar-refractivity contribution >= 4 is 33.5 Å². The largest absolute Gasteiger partial charge is 0.461 e. The van der Waals surface area contributed by atoms with E-state index in [1.54, 1.807) is 0 Å². The number of benzene rings is 1. The number of alkyl halides is 4. The number of nitrogens with one attached hydrogen (secondary N) is 1. The number of esters is 1. The molecule has 2 aliphatic carbocycles. The van der Waals surface area contributed by atoms with Gasteiger partial charge in [0.2, 0.25) is 5.91 Å². The molecular weight excluding hydrogens is 391 g/mol. The maximum Gasteiger partial charge on any atom is 0.418 e. The number of anilines is 1. The molecule has 0 unspecified atom stereocenters. The average molecular weight is 404 g/mol. The molecule has 6 atom stereocenters. The van der Waals surface area contributed by atoms with Crippen molar-refractivity contribution in [3.63, 3.8) is 0 Å². The maximum absolute atomic E-state index is 13.1. The molecule has 1 aliphatic heterocycles. The van der Waals surface area contributed by atoms with Crippen LogP contribution >= 0.6 is 15.9 Å². The second-order valence-corrected chi connectivity index (χ2v) is 7.55. The Balaban J connectivity index is 1.61. The first-order valence-corrected chi connectivity index (χ1v) is 8.52.